The third kappa shape index (κ3) is 7.91. The number of hydrogen-bond donors (Lipinski definition) is 2. The van der Waals surface area contributed by atoms with Gasteiger partial charge in [-0.1, -0.05) is 48.0 Å². The Hall–Kier alpha value is -4.52. The number of ether oxygens (including phenoxy) is 1. The van der Waals surface area contributed by atoms with Gasteiger partial charge in [0.05, 0.1) is 12.8 Å². The van der Waals surface area contributed by atoms with E-state index in [9.17, 15) is 14.4 Å². The van der Waals surface area contributed by atoms with Gasteiger partial charge in [-0.05, 0) is 60.5 Å². The zero-order valence-electron chi connectivity index (χ0n) is 18.0. The van der Waals surface area contributed by atoms with Crippen LogP contribution < -0.4 is 15.5 Å². The van der Waals surface area contributed by atoms with Crippen LogP contribution in [0.1, 0.15) is 27.0 Å². The van der Waals surface area contributed by atoms with Crippen molar-refractivity contribution in [3.63, 3.8) is 0 Å². The molecule has 7 heteroatoms. The molecule has 166 valence electrons. The van der Waals surface area contributed by atoms with Crippen LogP contribution in [0.5, 0.6) is 5.75 Å². The van der Waals surface area contributed by atoms with Crippen molar-refractivity contribution in [2.45, 2.75) is 6.92 Å². The van der Waals surface area contributed by atoms with E-state index in [0.717, 1.165) is 11.1 Å². The average molecular weight is 441 g/mol. The number of aryl methyl sites for hydroxylation is 1. The number of nitrogens with zero attached hydrogens (tertiary/aromatic N) is 1. The number of hydrogen-bond acceptors (Lipinski definition) is 5. The molecule has 3 aromatic rings. The van der Waals surface area contributed by atoms with E-state index < -0.39 is 11.9 Å². The van der Waals surface area contributed by atoms with E-state index in [1.165, 1.54) is 12.3 Å². The smallest absolute Gasteiger partial charge is 0.336 e. The lowest BCUT2D eigenvalue weighted by Gasteiger charge is -2.04. The second kappa shape index (κ2) is 11.8. The largest absolute Gasteiger partial charge is 0.423 e. The number of amides is 2. The predicted octanol–water partition coefficient (Wildman–Crippen LogP) is 3.49. The van der Waals surface area contributed by atoms with E-state index in [2.05, 4.69) is 15.8 Å². The first-order chi connectivity index (χ1) is 16.0. The Morgan fingerprint density at radius 1 is 0.879 bits per heavy atom. The summed E-state index contributed by atoms with van der Waals surface area (Å²) in [5, 5.41) is 6.40. The molecule has 2 amide bonds. The van der Waals surface area contributed by atoms with Crippen LogP contribution in [-0.4, -0.2) is 30.5 Å². The Balaban J connectivity index is 1.41. The minimum absolute atomic E-state index is 0.199. The highest BCUT2D eigenvalue weighted by atomic mass is 16.5. The number of carbonyl (C=O) groups excluding carboxylic acids is 3. The van der Waals surface area contributed by atoms with Crippen molar-refractivity contribution < 1.29 is 19.1 Å². The summed E-state index contributed by atoms with van der Waals surface area (Å²) in [5.41, 5.74) is 5.47. The number of hydrazone groups is 1. The Kier molecular flexibility index (Phi) is 8.25. The van der Waals surface area contributed by atoms with Gasteiger partial charge in [0.2, 0.25) is 0 Å². The lowest BCUT2D eigenvalue weighted by molar-refractivity contribution is -0.129. The molecule has 7 nitrogen and oxygen atoms in total. The second-order valence-corrected chi connectivity index (χ2v) is 7.08. The maximum absolute atomic E-state index is 12.0. The maximum Gasteiger partial charge on any atom is 0.336 e. The Bertz CT molecular complexity index is 1150. The summed E-state index contributed by atoms with van der Waals surface area (Å²) in [6.45, 7) is 1.73. The molecule has 0 atom stereocenters. The van der Waals surface area contributed by atoms with Gasteiger partial charge in [0, 0.05) is 11.6 Å². The first-order valence-electron chi connectivity index (χ1n) is 10.2. The molecule has 3 aromatic carbocycles. The third-order valence-electron chi connectivity index (χ3n) is 4.44. The van der Waals surface area contributed by atoms with E-state index in [0.29, 0.717) is 16.9 Å². The van der Waals surface area contributed by atoms with Gasteiger partial charge < -0.3 is 10.1 Å². The molecule has 0 heterocycles. The molecular formula is C26H23N3O4. The Morgan fingerprint density at radius 2 is 1.58 bits per heavy atom. The summed E-state index contributed by atoms with van der Waals surface area (Å²) in [7, 11) is 0. The molecule has 3 rings (SSSR count). The van der Waals surface area contributed by atoms with Gasteiger partial charge in [0.1, 0.15) is 5.75 Å². The van der Waals surface area contributed by atoms with E-state index in [-0.39, 0.29) is 12.5 Å². The van der Waals surface area contributed by atoms with Crippen LogP contribution in [0.2, 0.25) is 0 Å². The fraction of sp³-hybridized carbons (Fsp3) is 0.0769. The Morgan fingerprint density at radius 3 is 2.27 bits per heavy atom. The first kappa shape index (κ1) is 23.1. The molecule has 0 aliphatic heterocycles. The fourth-order valence-corrected chi connectivity index (χ4v) is 2.69. The van der Waals surface area contributed by atoms with Crippen molar-refractivity contribution in [2.75, 3.05) is 6.54 Å². The number of carbonyl (C=O) groups is 3. The monoisotopic (exact) mass is 441 g/mol. The fourth-order valence-electron chi connectivity index (χ4n) is 2.69. The molecule has 0 unspecified atom stereocenters. The molecular weight excluding hydrogens is 418 g/mol. The molecule has 0 radical (unpaired) electrons. The topological polar surface area (TPSA) is 96.9 Å². The third-order valence-corrected chi connectivity index (χ3v) is 4.44. The minimum atomic E-state index is -0.486. The molecule has 2 N–H and O–H groups in total. The van der Waals surface area contributed by atoms with Crippen molar-refractivity contribution >= 4 is 30.1 Å². The van der Waals surface area contributed by atoms with Crippen LogP contribution in [0.3, 0.4) is 0 Å². The number of benzene rings is 3. The highest BCUT2D eigenvalue weighted by molar-refractivity contribution is 5.96. The van der Waals surface area contributed by atoms with Crippen LogP contribution in [0.4, 0.5) is 0 Å². The minimum Gasteiger partial charge on any atom is -0.423 e. The standard InChI is InChI=1S/C26H23N3O4/c1-19-7-12-22(13-8-19)26(32)27-18-24(30)29-28-17-21-9-14-23(15-10-21)33-25(31)16-11-20-5-3-2-4-6-20/h2-17H,18H2,1H3,(H,27,32)(H,29,30)/b16-11+,28-17+. The van der Waals surface area contributed by atoms with E-state index >= 15 is 0 Å². The summed E-state index contributed by atoms with van der Waals surface area (Å²) < 4.78 is 5.25. The average Bonchev–Trinajstić information content (AvgIpc) is 2.83. The summed E-state index contributed by atoms with van der Waals surface area (Å²) >= 11 is 0. The summed E-state index contributed by atoms with van der Waals surface area (Å²) in [6.07, 6.45) is 4.48. The first-order valence-corrected chi connectivity index (χ1v) is 10.2. The Labute approximate surface area is 191 Å². The second-order valence-electron chi connectivity index (χ2n) is 7.08. The van der Waals surface area contributed by atoms with Crippen LogP contribution in [0.15, 0.2) is 90.0 Å². The van der Waals surface area contributed by atoms with Crippen molar-refractivity contribution in [3.8, 4) is 5.75 Å². The van der Waals surface area contributed by atoms with Crippen molar-refractivity contribution in [3.05, 3.63) is 107 Å². The quantitative estimate of drug-likeness (QED) is 0.184. The zero-order valence-corrected chi connectivity index (χ0v) is 18.0. The summed E-state index contributed by atoms with van der Waals surface area (Å²) in [4.78, 5) is 35.8. The van der Waals surface area contributed by atoms with Gasteiger partial charge in [-0.15, -0.1) is 0 Å². The highest BCUT2D eigenvalue weighted by Gasteiger charge is 2.07. The van der Waals surface area contributed by atoms with Gasteiger partial charge in [-0.2, -0.15) is 5.10 Å². The van der Waals surface area contributed by atoms with E-state index in [1.54, 1.807) is 42.5 Å². The zero-order chi connectivity index (χ0) is 23.5. The van der Waals surface area contributed by atoms with Crippen LogP contribution >= 0.6 is 0 Å². The molecule has 0 spiro atoms. The predicted molar refractivity (Wildman–Crippen MR) is 127 cm³/mol. The molecule has 0 saturated carbocycles. The molecule has 0 saturated heterocycles. The van der Waals surface area contributed by atoms with Gasteiger partial charge in [-0.25, -0.2) is 10.2 Å². The summed E-state index contributed by atoms with van der Waals surface area (Å²) in [5.74, 6) is -0.890. The van der Waals surface area contributed by atoms with Gasteiger partial charge in [-0.3, -0.25) is 9.59 Å². The lowest BCUT2D eigenvalue weighted by atomic mass is 10.1. The number of nitrogens with one attached hydrogen (secondary N) is 2. The van der Waals surface area contributed by atoms with Crippen LogP contribution in [-0.2, 0) is 9.59 Å². The van der Waals surface area contributed by atoms with Gasteiger partial charge >= 0.3 is 5.97 Å². The molecule has 0 aliphatic rings. The van der Waals surface area contributed by atoms with Crippen molar-refractivity contribution in [1.82, 2.24) is 10.7 Å². The van der Waals surface area contributed by atoms with Crippen LogP contribution in [0.25, 0.3) is 6.08 Å². The highest BCUT2D eigenvalue weighted by Crippen LogP contribution is 2.12. The number of esters is 1. The van der Waals surface area contributed by atoms with E-state index in [4.69, 9.17) is 4.74 Å². The number of rotatable bonds is 8. The van der Waals surface area contributed by atoms with Gasteiger partial charge in [0.25, 0.3) is 11.8 Å². The van der Waals surface area contributed by atoms with Crippen molar-refractivity contribution in [1.29, 1.82) is 0 Å². The molecule has 0 aromatic heterocycles. The van der Waals surface area contributed by atoms with Crippen LogP contribution in [0, 0.1) is 6.92 Å². The van der Waals surface area contributed by atoms with Crippen molar-refractivity contribution in [2.24, 2.45) is 5.10 Å². The lowest BCUT2D eigenvalue weighted by Crippen LogP contribution is -2.34. The normalized spacial score (nSPS) is 10.8. The molecule has 33 heavy (non-hydrogen) atoms. The molecule has 0 fully saturated rings. The van der Waals surface area contributed by atoms with Gasteiger partial charge in [0.15, 0.2) is 0 Å². The molecule has 0 aliphatic carbocycles. The maximum atomic E-state index is 12.0. The van der Waals surface area contributed by atoms with E-state index in [1.807, 2.05) is 49.4 Å². The summed E-state index contributed by atoms with van der Waals surface area (Å²) in [6, 6.07) is 23.1. The molecule has 0 bridgehead atoms. The SMILES string of the molecule is Cc1ccc(C(=O)NCC(=O)N/N=C/c2ccc(OC(=O)/C=C/c3ccccc3)cc2)cc1.